The maximum Gasteiger partial charge on any atom is 0.0725 e. The predicted molar refractivity (Wildman–Crippen MR) is 229 cm³/mol. The van der Waals surface area contributed by atoms with Crippen molar-refractivity contribution in [1.82, 2.24) is 0 Å². The molecule has 9 aromatic rings. The minimum atomic E-state index is -0.390. The molecule has 0 atom stereocenters. The fourth-order valence-electron chi connectivity index (χ4n) is 11.4. The van der Waals surface area contributed by atoms with Gasteiger partial charge in [-0.25, -0.2) is 0 Å². The Morgan fingerprint density at radius 3 is 0.946 bits per heavy atom. The lowest BCUT2D eigenvalue weighted by molar-refractivity contribution is 0.794. The van der Waals surface area contributed by atoms with Gasteiger partial charge in [-0.05, 0) is 129 Å². The van der Waals surface area contributed by atoms with E-state index in [-0.39, 0.29) is 10.8 Å². The van der Waals surface area contributed by atoms with E-state index in [1.807, 2.05) is 0 Å². The second kappa shape index (κ2) is 10.8. The Labute approximate surface area is 327 Å². The van der Waals surface area contributed by atoms with Gasteiger partial charge in [0.05, 0.1) is 10.8 Å². The molecule has 257 valence electrons. The Bertz CT molecular complexity index is 2820. The molecule has 0 bridgehead atoms. The predicted octanol–water partition coefficient (Wildman–Crippen LogP) is 13.5. The minimum absolute atomic E-state index is 0.386. The highest BCUT2D eigenvalue weighted by Crippen LogP contribution is 2.65. The quantitative estimate of drug-likeness (QED) is 0.168. The van der Waals surface area contributed by atoms with Gasteiger partial charge in [-0.1, -0.05) is 188 Å². The summed E-state index contributed by atoms with van der Waals surface area (Å²) >= 11 is 0. The molecule has 1 radical (unpaired) electrons. The molecule has 13 rings (SSSR count). The lowest BCUT2D eigenvalue weighted by atomic mass is 9.70. The first kappa shape index (κ1) is 30.3. The fourth-order valence-corrected chi connectivity index (χ4v) is 11.4. The summed E-state index contributed by atoms with van der Waals surface area (Å²) in [5.41, 5.74) is 25.4. The van der Waals surface area contributed by atoms with E-state index in [0.717, 1.165) is 5.56 Å². The maximum atomic E-state index is 3.76. The van der Waals surface area contributed by atoms with Gasteiger partial charge in [0.25, 0.3) is 0 Å². The van der Waals surface area contributed by atoms with Crippen LogP contribution in [0.15, 0.2) is 200 Å². The summed E-state index contributed by atoms with van der Waals surface area (Å²) in [5, 5.41) is 0. The van der Waals surface area contributed by atoms with Gasteiger partial charge < -0.3 is 0 Å². The molecule has 0 aliphatic heterocycles. The van der Waals surface area contributed by atoms with Gasteiger partial charge in [0.2, 0.25) is 0 Å². The third-order valence-electron chi connectivity index (χ3n) is 13.5. The van der Waals surface area contributed by atoms with Gasteiger partial charge in [-0.3, -0.25) is 0 Å². The van der Waals surface area contributed by atoms with Crippen molar-refractivity contribution in [3.8, 4) is 66.8 Å². The van der Waals surface area contributed by atoms with E-state index in [1.54, 1.807) is 0 Å². The lowest BCUT2D eigenvalue weighted by Crippen LogP contribution is -2.25. The average molecular weight is 706 g/mol. The molecule has 0 nitrogen and oxygen atoms in total. The van der Waals surface area contributed by atoms with Crippen LogP contribution >= 0.6 is 0 Å². The van der Waals surface area contributed by atoms with Crippen molar-refractivity contribution in [3.05, 3.63) is 251 Å². The van der Waals surface area contributed by atoms with Crippen LogP contribution in [0.25, 0.3) is 66.8 Å². The molecule has 0 fully saturated rings. The molecule has 0 aromatic heterocycles. The van der Waals surface area contributed by atoms with Crippen molar-refractivity contribution in [2.24, 2.45) is 0 Å². The van der Waals surface area contributed by atoms with Crippen LogP contribution in [0, 0.1) is 6.07 Å². The minimum Gasteiger partial charge on any atom is -0.0619 e. The van der Waals surface area contributed by atoms with E-state index in [0.29, 0.717) is 0 Å². The summed E-state index contributed by atoms with van der Waals surface area (Å²) in [6.07, 6.45) is 0. The van der Waals surface area contributed by atoms with E-state index in [1.165, 1.54) is 106 Å². The number of rotatable bonds is 2. The summed E-state index contributed by atoms with van der Waals surface area (Å²) in [7, 11) is 0. The van der Waals surface area contributed by atoms with Crippen molar-refractivity contribution in [3.63, 3.8) is 0 Å². The van der Waals surface area contributed by atoms with Crippen LogP contribution in [0.5, 0.6) is 0 Å². The zero-order valence-electron chi connectivity index (χ0n) is 30.6. The SMILES string of the molecule is [c]1cccc(-c2ccc3c(c2)C2(c4ccccc4-c4ccccc42)c2ccccc2-3)c1-c1ccc2c(c1)C1(c3ccccc3-c3ccccc31)c1ccccc1-2. The van der Waals surface area contributed by atoms with Crippen molar-refractivity contribution < 1.29 is 0 Å². The summed E-state index contributed by atoms with van der Waals surface area (Å²) < 4.78 is 0. The largest absolute Gasteiger partial charge is 0.0725 e. The van der Waals surface area contributed by atoms with Gasteiger partial charge in [0.1, 0.15) is 0 Å². The van der Waals surface area contributed by atoms with Gasteiger partial charge in [0.15, 0.2) is 0 Å². The standard InChI is InChI=1S/C56H33/c1-2-16-38(36-30-32-46-44-22-8-14-28-52(44)56(54(46)34-36)49-25-11-5-19-41(49)42-20-6-12-26-50(42)56)37(15-1)35-29-31-45-43-21-7-13-27-51(43)55(53(45)33-35)47-23-9-3-17-39(47)40-18-4-10-24-48(40)55/h1-15,17-34H. The van der Waals surface area contributed by atoms with E-state index in [2.05, 4.69) is 206 Å². The lowest BCUT2D eigenvalue weighted by Gasteiger charge is -2.31. The third kappa shape index (κ3) is 3.52. The molecule has 0 N–H and O–H groups in total. The topological polar surface area (TPSA) is 0 Å². The highest BCUT2D eigenvalue weighted by molar-refractivity contribution is 5.99. The molecular formula is C56H33. The first-order chi connectivity index (χ1) is 27.8. The van der Waals surface area contributed by atoms with E-state index < -0.39 is 0 Å². The summed E-state index contributed by atoms with van der Waals surface area (Å²) in [5.74, 6) is 0. The molecular weight excluding hydrogens is 673 g/mol. The molecule has 4 aliphatic rings. The summed E-state index contributed by atoms with van der Waals surface area (Å²) in [6, 6.07) is 79.0. The van der Waals surface area contributed by atoms with Gasteiger partial charge in [0, 0.05) is 0 Å². The van der Waals surface area contributed by atoms with Crippen LogP contribution in [0.2, 0.25) is 0 Å². The fraction of sp³-hybridized carbons (Fsp3) is 0.0357. The first-order valence-corrected chi connectivity index (χ1v) is 19.7. The number of benzene rings is 9. The van der Waals surface area contributed by atoms with Crippen LogP contribution < -0.4 is 0 Å². The number of fused-ring (bicyclic) bond motifs is 20. The Morgan fingerprint density at radius 2 is 0.554 bits per heavy atom. The molecule has 0 heteroatoms. The molecule has 0 saturated carbocycles. The second-order valence-electron chi connectivity index (χ2n) is 15.8. The normalized spacial score (nSPS) is 14.7. The molecule has 9 aromatic carbocycles. The van der Waals surface area contributed by atoms with Crippen molar-refractivity contribution in [1.29, 1.82) is 0 Å². The zero-order valence-corrected chi connectivity index (χ0v) is 30.6. The second-order valence-corrected chi connectivity index (χ2v) is 15.8. The zero-order chi connectivity index (χ0) is 36.6. The van der Waals surface area contributed by atoms with Gasteiger partial charge in [-0.15, -0.1) is 0 Å². The van der Waals surface area contributed by atoms with Gasteiger partial charge >= 0.3 is 0 Å². The molecule has 56 heavy (non-hydrogen) atoms. The Kier molecular flexibility index (Phi) is 5.85. The van der Waals surface area contributed by atoms with E-state index in [9.17, 15) is 0 Å². The Hall–Kier alpha value is -7.02. The van der Waals surface area contributed by atoms with E-state index >= 15 is 0 Å². The summed E-state index contributed by atoms with van der Waals surface area (Å²) in [4.78, 5) is 0. The van der Waals surface area contributed by atoms with Crippen LogP contribution in [-0.2, 0) is 10.8 Å². The number of hydrogen-bond acceptors (Lipinski definition) is 0. The van der Waals surface area contributed by atoms with Crippen LogP contribution in [0.3, 0.4) is 0 Å². The van der Waals surface area contributed by atoms with Gasteiger partial charge in [-0.2, -0.15) is 0 Å². The average Bonchev–Trinajstić information content (AvgIpc) is 3.95. The molecule has 0 heterocycles. The molecule has 0 unspecified atom stereocenters. The third-order valence-corrected chi connectivity index (χ3v) is 13.5. The highest BCUT2D eigenvalue weighted by Gasteiger charge is 2.53. The van der Waals surface area contributed by atoms with Crippen LogP contribution in [-0.4, -0.2) is 0 Å². The van der Waals surface area contributed by atoms with Crippen molar-refractivity contribution in [2.75, 3.05) is 0 Å². The van der Waals surface area contributed by atoms with Crippen molar-refractivity contribution in [2.45, 2.75) is 10.8 Å². The summed E-state index contributed by atoms with van der Waals surface area (Å²) in [6.45, 7) is 0. The Morgan fingerprint density at radius 1 is 0.250 bits per heavy atom. The molecule has 4 aliphatic carbocycles. The smallest absolute Gasteiger partial charge is 0.0619 e. The number of hydrogen-bond donors (Lipinski definition) is 0. The molecule has 2 spiro atoms. The van der Waals surface area contributed by atoms with Crippen LogP contribution in [0.4, 0.5) is 0 Å². The van der Waals surface area contributed by atoms with Crippen LogP contribution in [0.1, 0.15) is 44.5 Å². The van der Waals surface area contributed by atoms with E-state index in [4.69, 9.17) is 0 Å². The van der Waals surface area contributed by atoms with Crippen molar-refractivity contribution >= 4 is 0 Å². The first-order valence-electron chi connectivity index (χ1n) is 19.7. The maximum absolute atomic E-state index is 3.76. The molecule has 0 amide bonds. The highest BCUT2D eigenvalue weighted by atomic mass is 14.5. The Balaban J connectivity index is 1.04. The molecule has 0 saturated heterocycles. The monoisotopic (exact) mass is 705 g/mol.